The lowest BCUT2D eigenvalue weighted by Gasteiger charge is -2.51. The van der Waals surface area contributed by atoms with Gasteiger partial charge in [0.15, 0.2) is 11.6 Å². The van der Waals surface area contributed by atoms with Gasteiger partial charge in [0, 0.05) is 27.2 Å². The average molecular weight is 530 g/mol. The number of aliphatic hydroxyl groups is 1. The third-order valence-corrected chi connectivity index (χ3v) is 6.66. The van der Waals surface area contributed by atoms with Crippen molar-refractivity contribution < 1.29 is 23.1 Å². The van der Waals surface area contributed by atoms with E-state index in [4.69, 9.17) is 0 Å². The molecule has 2 aliphatic rings. The van der Waals surface area contributed by atoms with Crippen LogP contribution >= 0.6 is 22.6 Å². The molecule has 2 aromatic rings. The Labute approximate surface area is 186 Å². The molecule has 0 aromatic heterocycles. The summed E-state index contributed by atoms with van der Waals surface area (Å²) in [6.07, 6.45) is 2.67. The summed E-state index contributed by atoms with van der Waals surface area (Å²) < 4.78 is 43.5. The zero-order valence-electron chi connectivity index (χ0n) is 16.2. The number of rotatable bonds is 4. The topological polar surface area (TPSA) is 52.6 Å². The molecule has 8 heteroatoms. The molecule has 2 N–H and O–H groups in total. The van der Waals surface area contributed by atoms with Gasteiger partial charge in [-0.3, -0.25) is 4.79 Å². The van der Waals surface area contributed by atoms with Gasteiger partial charge in [-0.1, -0.05) is 12.5 Å². The van der Waals surface area contributed by atoms with Crippen molar-refractivity contribution in [2.75, 3.05) is 19.6 Å². The monoisotopic (exact) mass is 530 g/mol. The van der Waals surface area contributed by atoms with Gasteiger partial charge in [-0.2, -0.15) is 0 Å². The number of β-amino-alcohol motifs (C(OH)–C–C–N with tert-alkyl or cyclic N) is 1. The molecule has 2 fully saturated rings. The van der Waals surface area contributed by atoms with E-state index in [0.29, 0.717) is 3.57 Å². The van der Waals surface area contributed by atoms with Crippen molar-refractivity contribution in [3.8, 4) is 0 Å². The number of halogens is 4. The fraction of sp³-hybridized carbons (Fsp3) is 0.409. The summed E-state index contributed by atoms with van der Waals surface area (Å²) in [5, 5.41) is 14.1. The van der Waals surface area contributed by atoms with E-state index < -0.39 is 29.0 Å². The van der Waals surface area contributed by atoms with E-state index in [1.165, 1.54) is 23.1 Å². The minimum atomic E-state index is -1.15. The van der Waals surface area contributed by atoms with Crippen LogP contribution in [0.25, 0.3) is 0 Å². The summed E-state index contributed by atoms with van der Waals surface area (Å²) in [4.78, 5) is 14.4. The van der Waals surface area contributed by atoms with Crippen molar-refractivity contribution in [1.29, 1.82) is 0 Å². The second kappa shape index (κ2) is 8.47. The van der Waals surface area contributed by atoms with Crippen LogP contribution in [-0.4, -0.2) is 47.2 Å². The molecule has 0 saturated carbocycles. The van der Waals surface area contributed by atoms with Crippen LogP contribution in [0, 0.1) is 21.0 Å². The highest BCUT2D eigenvalue weighted by Gasteiger charge is 2.49. The van der Waals surface area contributed by atoms with E-state index in [1.807, 2.05) is 22.6 Å². The first-order valence-corrected chi connectivity index (χ1v) is 11.0. The van der Waals surface area contributed by atoms with Crippen LogP contribution in [-0.2, 0) is 6.42 Å². The Bertz CT molecular complexity index is 973. The molecule has 1 unspecified atom stereocenters. The zero-order valence-corrected chi connectivity index (χ0v) is 18.4. The van der Waals surface area contributed by atoms with Crippen LogP contribution in [0.3, 0.4) is 0 Å². The second-order valence-electron chi connectivity index (χ2n) is 8.07. The Kier molecular flexibility index (Phi) is 6.09. The fourth-order valence-electron chi connectivity index (χ4n) is 4.28. The molecule has 160 valence electrons. The molecule has 2 aliphatic heterocycles. The van der Waals surface area contributed by atoms with Crippen molar-refractivity contribution >= 4 is 28.5 Å². The normalized spacial score (nSPS) is 20.7. The van der Waals surface area contributed by atoms with Crippen LogP contribution in [0.4, 0.5) is 13.2 Å². The largest absolute Gasteiger partial charge is 0.385 e. The van der Waals surface area contributed by atoms with E-state index in [0.717, 1.165) is 31.9 Å². The maximum atomic E-state index is 14.6. The van der Waals surface area contributed by atoms with E-state index in [9.17, 15) is 23.1 Å². The first-order valence-electron chi connectivity index (χ1n) is 9.94. The number of likely N-dealkylation sites (tertiary alicyclic amines) is 1. The molecule has 2 saturated heterocycles. The Balaban J connectivity index is 1.57. The summed E-state index contributed by atoms with van der Waals surface area (Å²) in [7, 11) is 0. The summed E-state index contributed by atoms with van der Waals surface area (Å²) in [5.41, 5.74) is -1.02. The van der Waals surface area contributed by atoms with E-state index >= 15 is 0 Å². The van der Waals surface area contributed by atoms with Gasteiger partial charge in [0.2, 0.25) is 0 Å². The third-order valence-electron chi connectivity index (χ3n) is 5.98. The van der Waals surface area contributed by atoms with Crippen LogP contribution < -0.4 is 5.32 Å². The highest BCUT2D eigenvalue weighted by molar-refractivity contribution is 14.1. The molecule has 0 aliphatic carbocycles. The van der Waals surface area contributed by atoms with Crippen molar-refractivity contribution in [1.82, 2.24) is 10.2 Å². The van der Waals surface area contributed by atoms with E-state index in [2.05, 4.69) is 5.32 Å². The van der Waals surface area contributed by atoms with E-state index in [-0.39, 0.29) is 42.2 Å². The van der Waals surface area contributed by atoms with Gasteiger partial charge in [-0.15, -0.1) is 0 Å². The maximum absolute atomic E-state index is 14.6. The smallest absolute Gasteiger partial charge is 0.254 e. The van der Waals surface area contributed by atoms with Gasteiger partial charge in [-0.05, 0) is 71.8 Å². The molecule has 2 heterocycles. The van der Waals surface area contributed by atoms with Gasteiger partial charge in [-0.25, -0.2) is 13.2 Å². The maximum Gasteiger partial charge on any atom is 0.254 e. The summed E-state index contributed by atoms with van der Waals surface area (Å²) in [6.45, 7) is 1.08. The Morgan fingerprint density at radius 2 is 1.93 bits per heavy atom. The SMILES string of the molecule is O=C(c1ccc(F)c(F)c1Cc1ccc(I)cc1F)N1CC(O)(C2CCCCN2)C1. The molecule has 1 atom stereocenters. The Morgan fingerprint density at radius 1 is 1.17 bits per heavy atom. The summed E-state index contributed by atoms with van der Waals surface area (Å²) in [5.74, 6) is -3.26. The summed E-state index contributed by atoms with van der Waals surface area (Å²) >= 11 is 1.96. The highest BCUT2D eigenvalue weighted by Crippen LogP contribution is 2.32. The number of piperidine rings is 1. The molecule has 1 amide bonds. The second-order valence-corrected chi connectivity index (χ2v) is 9.31. The first kappa shape index (κ1) is 21.6. The zero-order chi connectivity index (χ0) is 21.5. The number of hydrogen-bond donors (Lipinski definition) is 2. The molecule has 0 radical (unpaired) electrons. The van der Waals surface area contributed by atoms with Crippen molar-refractivity contribution in [3.05, 3.63) is 68.0 Å². The molecule has 0 bridgehead atoms. The van der Waals surface area contributed by atoms with Crippen molar-refractivity contribution in [2.24, 2.45) is 0 Å². The van der Waals surface area contributed by atoms with E-state index in [1.54, 1.807) is 6.07 Å². The van der Waals surface area contributed by atoms with Gasteiger partial charge in [0.25, 0.3) is 5.91 Å². The molecule has 0 spiro atoms. The van der Waals surface area contributed by atoms with Gasteiger partial charge in [0.1, 0.15) is 11.4 Å². The number of nitrogens with zero attached hydrogens (tertiary/aromatic N) is 1. The van der Waals surface area contributed by atoms with Gasteiger partial charge < -0.3 is 15.3 Å². The molecule has 2 aromatic carbocycles. The minimum Gasteiger partial charge on any atom is -0.385 e. The predicted octanol–water partition coefficient (Wildman–Crippen LogP) is 3.63. The van der Waals surface area contributed by atoms with Gasteiger partial charge >= 0.3 is 0 Å². The minimum absolute atomic E-state index is 0.00879. The number of benzene rings is 2. The average Bonchev–Trinajstić information content (AvgIpc) is 2.71. The number of amides is 1. The fourth-order valence-corrected chi connectivity index (χ4v) is 4.73. The third kappa shape index (κ3) is 4.09. The van der Waals surface area contributed by atoms with Crippen molar-refractivity contribution in [2.45, 2.75) is 37.3 Å². The molecular weight excluding hydrogens is 508 g/mol. The summed E-state index contributed by atoms with van der Waals surface area (Å²) in [6, 6.07) is 6.54. The molecule has 30 heavy (non-hydrogen) atoms. The molecule has 4 rings (SSSR count). The lowest BCUT2D eigenvalue weighted by atomic mass is 9.81. The Morgan fingerprint density at radius 3 is 2.60 bits per heavy atom. The van der Waals surface area contributed by atoms with Crippen molar-refractivity contribution in [3.63, 3.8) is 0 Å². The quantitative estimate of drug-likeness (QED) is 0.595. The number of carbonyl (C=O) groups is 1. The van der Waals surface area contributed by atoms with Crippen LogP contribution in [0.5, 0.6) is 0 Å². The van der Waals surface area contributed by atoms with Gasteiger partial charge in [0.05, 0.1) is 13.1 Å². The molecule has 4 nitrogen and oxygen atoms in total. The van der Waals surface area contributed by atoms with Crippen LogP contribution in [0.1, 0.15) is 40.7 Å². The Hall–Kier alpha value is -1.65. The highest BCUT2D eigenvalue weighted by atomic mass is 127. The number of carbonyl (C=O) groups excluding carboxylic acids is 1. The van der Waals surface area contributed by atoms with Crippen LogP contribution in [0.2, 0.25) is 0 Å². The van der Waals surface area contributed by atoms with Crippen LogP contribution in [0.15, 0.2) is 30.3 Å². The lowest BCUT2D eigenvalue weighted by molar-refractivity contribution is -0.108. The lowest BCUT2D eigenvalue weighted by Crippen LogP contribution is -2.72. The predicted molar refractivity (Wildman–Crippen MR) is 115 cm³/mol. The molecular formula is C22H22F3IN2O2. The standard InChI is InChI=1S/C22H22F3IN2O2/c23-17-7-6-15(16(20(17)25)9-13-4-5-14(26)10-18(13)24)21(29)28-11-22(30,12-28)19-3-1-2-8-27-19/h4-7,10,19,27,30H,1-3,8-9,11-12H2. The first-order chi connectivity index (χ1) is 14.3. The number of nitrogens with one attached hydrogen (secondary N) is 1. The number of hydrogen-bond acceptors (Lipinski definition) is 3.